The van der Waals surface area contributed by atoms with Crippen LogP contribution in [0.5, 0.6) is 0 Å². The third-order valence-electron chi connectivity index (χ3n) is 4.20. The van der Waals surface area contributed by atoms with Gasteiger partial charge in [0.15, 0.2) is 15.6 Å². The molecule has 4 nitrogen and oxygen atoms in total. The topological polar surface area (TPSA) is 54.5 Å². The molecule has 0 spiro atoms. The largest absolute Gasteiger partial charge is 0.309 e. The number of carbonyl (C=O) groups excluding carboxylic acids is 1. The predicted molar refractivity (Wildman–Crippen MR) is 99.6 cm³/mol. The van der Waals surface area contributed by atoms with Crippen molar-refractivity contribution < 1.29 is 13.2 Å². The summed E-state index contributed by atoms with van der Waals surface area (Å²) in [5.74, 6) is 0.255. The summed E-state index contributed by atoms with van der Waals surface area (Å²) in [6.45, 7) is 6.44. The number of unbranched alkanes of at least 4 members (excludes halogenated alkanes) is 3. The van der Waals surface area contributed by atoms with Gasteiger partial charge in [-0.05, 0) is 57.6 Å². The summed E-state index contributed by atoms with van der Waals surface area (Å²) in [6, 6.07) is 3.32. The number of aryl methyl sites for hydroxylation is 2. The number of benzene rings is 1. The fraction of sp³-hybridized carbons (Fsp3) is 0.632. The van der Waals surface area contributed by atoms with Gasteiger partial charge in [-0.3, -0.25) is 4.79 Å². The fourth-order valence-electron chi connectivity index (χ4n) is 2.83. The van der Waals surface area contributed by atoms with Gasteiger partial charge in [-0.1, -0.05) is 26.2 Å². The quantitative estimate of drug-likeness (QED) is 0.474. The van der Waals surface area contributed by atoms with E-state index in [0.29, 0.717) is 29.8 Å². The molecule has 0 amide bonds. The van der Waals surface area contributed by atoms with Crippen molar-refractivity contribution in [2.24, 2.45) is 0 Å². The number of hydrogen-bond donors (Lipinski definition) is 0. The monoisotopic (exact) mass is 353 g/mol. The Kier molecular flexibility index (Phi) is 8.10. The van der Waals surface area contributed by atoms with Gasteiger partial charge in [-0.25, -0.2) is 8.42 Å². The van der Waals surface area contributed by atoms with Gasteiger partial charge in [0.05, 0.1) is 10.6 Å². The second kappa shape index (κ2) is 9.33. The highest BCUT2D eigenvalue weighted by molar-refractivity contribution is 7.91. The van der Waals surface area contributed by atoms with E-state index in [4.69, 9.17) is 0 Å². The van der Waals surface area contributed by atoms with Gasteiger partial charge in [0.25, 0.3) is 0 Å². The molecule has 136 valence electrons. The SMILES string of the molecule is CCCCCCS(=O)(=O)c1cc(C)c(C(=O)CCN(C)C)c(C)c1. The number of carbonyl (C=O) groups is 1. The van der Waals surface area contributed by atoms with Crippen molar-refractivity contribution in [3.05, 3.63) is 28.8 Å². The molecule has 0 aliphatic carbocycles. The van der Waals surface area contributed by atoms with E-state index in [1.807, 2.05) is 32.8 Å². The first-order valence-corrected chi connectivity index (χ1v) is 10.4. The second-order valence-electron chi connectivity index (χ2n) is 6.79. The summed E-state index contributed by atoms with van der Waals surface area (Å²) >= 11 is 0. The highest BCUT2D eigenvalue weighted by Crippen LogP contribution is 2.23. The molecule has 0 N–H and O–H groups in total. The summed E-state index contributed by atoms with van der Waals surface area (Å²) in [5, 5.41) is 0. The molecule has 0 saturated carbocycles. The molecule has 0 bridgehead atoms. The molecular weight excluding hydrogens is 322 g/mol. The second-order valence-corrected chi connectivity index (χ2v) is 8.90. The number of rotatable bonds is 10. The van der Waals surface area contributed by atoms with Crippen molar-refractivity contribution in [1.82, 2.24) is 4.90 Å². The summed E-state index contributed by atoms with van der Waals surface area (Å²) in [5.41, 5.74) is 2.18. The van der Waals surface area contributed by atoms with E-state index in [1.54, 1.807) is 12.1 Å². The molecular formula is C19H31NO3S. The van der Waals surface area contributed by atoms with Crippen LogP contribution in [0.15, 0.2) is 17.0 Å². The Bertz CT molecular complexity index is 640. The van der Waals surface area contributed by atoms with E-state index in [0.717, 1.165) is 30.4 Å². The molecule has 0 aromatic heterocycles. The first-order chi connectivity index (χ1) is 11.2. The molecule has 0 atom stereocenters. The zero-order chi connectivity index (χ0) is 18.3. The molecule has 1 rings (SSSR count). The molecule has 0 saturated heterocycles. The first kappa shape index (κ1) is 20.8. The van der Waals surface area contributed by atoms with Gasteiger partial charge in [0, 0.05) is 18.5 Å². The Hall–Kier alpha value is -1.20. The van der Waals surface area contributed by atoms with E-state index >= 15 is 0 Å². The zero-order valence-electron chi connectivity index (χ0n) is 15.7. The molecule has 1 aromatic rings. The number of ketones is 1. The summed E-state index contributed by atoms with van der Waals surface area (Å²) in [6.07, 6.45) is 4.22. The van der Waals surface area contributed by atoms with Crippen LogP contribution in [0.25, 0.3) is 0 Å². The first-order valence-electron chi connectivity index (χ1n) is 8.71. The molecule has 0 aliphatic rings. The number of nitrogens with zero attached hydrogens (tertiary/aromatic N) is 1. The van der Waals surface area contributed by atoms with Crippen molar-refractivity contribution in [1.29, 1.82) is 0 Å². The van der Waals surface area contributed by atoms with E-state index in [1.165, 1.54) is 0 Å². The zero-order valence-corrected chi connectivity index (χ0v) is 16.5. The molecule has 24 heavy (non-hydrogen) atoms. The molecule has 1 aromatic carbocycles. The van der Waals surface area contributed by atoms with E-state index in [2.05, 4.69) is 6.92 Å². The summed E-state index contributed by atoms with van der Waals surface area (Å²) in [4.78, 5) is 14.7. The summed E-state index contributed by atoms with van der Waals surface area (Å²) in [7, 11) is 0.590. The van der Waals surface area contributed by atoms with E-state index < -0.39 is 9.84 Å². The van der Waals surface area contributed by atoms with Gasteiger partial charge in [0.2, 0.25) is 0 Å². The van der Waals surface area contributed by atoms with E-state index in [-0.39, 0.29) is 11.5 Å². The average Bonchev–Trinajstić information content (AvgIpc) is 2.48. The Morgan fingerprint density at radius 3 is 2.12 bits per heavy atom. The van der Waals surface area contributed by atoms with Crippen molar-refractivity contribution in [2.45, 2.75) is 57.8 Å². The highest BCUT2D eigenvalue weighted by atomic mass is 32.2. The molecule has 0 aliphatic heterocycles. The molecule has 0 fully saturated rings. The number of hydrogen-bond acceptors (Lipinski definition) is 4. The summed E-state index contributed by atoms with van der Waals surface area (Å²) < 4.78 is 25.0. The smallest absolute Gasteiger partial charge is 0.178 e. The van der Waals surface area contributed by atoms with Crippen molar-refractivity contribution in [3.63, 3.8) is 0 Å². The van der Waals surface area contributed by atoms with Crippen LogP contribution in [-0.2, 0) is 9.84 Å². The Morgan fingerprint density at radius 2 is 1.62 bits per heavy atom. The average molecular weight is 354 g/mol. The normalized spacial score (nSPS) is 11.9. The van der Waals surface area contributed by atoms with Crippen LogP contribution in [0.3, 0.4) is 0 Å². The van der Waals surface area contributed by atoms with E-state index in [9.17, 15) is 13.2 Å². The predicted octanol–water partition coefficient (Wildman–Crippen LogP) is 3.79. The van der Waals surface area contributed by atoms with Crippen LogP contribution >= 0.6 is 0 Å². The van der Waals surface area contributed by atoms with Crippen molar-refractivity contribution >= 4 is 15.6 Å². The minimum absolute atomic E-state index is 0.0746. The van der Waals surface area contributed by atoms with Gasteiger partial charge < -0.3 is 4.90 Å². The molecule has 0 radical (unpaired) electrons. The van der Waals surface area contributed by atoms with Crippen LogP contribution in [0.1, 0.15) is 60.5 Å². The van der Waals surface area contributed by atoms with Crippen molar-refractivity contribution in [2.75, 3.05) is 26.4 Å². The lowest BCUT2D eigenvalue weighted by Gasteiger charge is -2.14. The van der Waals surface area contributed by atoms with Gasteiger partial charge in [-0.15, -0.1) is 0 Å². The maximum Gasteiger partial charge on any atom is 0.178 e. The number of sulfone groups is 1. The fourth-order valence-corrected chi connectivity index (χ4v) is 4.36. The van der Waals surface area contributed by atoms with Gasteiger partial charge >= 0.3 is 0 Å². The van der Waals surface area contributed by atoms with Crippen LogP contribution in [0.4, 0.5) is 0 Å². The Morgan fingerprint density at radius 1 is 1.04 bits per heavy atom. The maximum absolute atomic E-state index is 12.5. The minimum atomic E-state index is -3.27. The van der Waals surface area contributed by atoms with Crippen LogP contribution in [0.2, 0.25) is 0 Å². The third kappa shape index (κ3) is 6.02. The molecule has 0 unspecified atom stereocenters. The van der Waals surface area contributed by atoms with Gasteiger partial charge in [0.1, 0.15) is 0 Å². The Balaban J connectivity index is 2.96. The lowest BCUT2D eigenvalue weighted by Crippen LogP contribution is -2.18. The van der Waals surface area contributed by atoms with Crippen LogP contribution in [0, 0.1) is 13.8 Å². The van der Waals surface area contributed by atoms with Crippen LogP contribution < -0.4 is 0 Å². The standard InChI is InChI=1S/C19H31NO3S/c1-6-7-8-9-12-24(22,23)17-13-15(2)19(16(3)14-17)18(21)10-11-20(4)5/h13-14H,6-12H2,1-5H3. The highest BCUT2D eigenvalue weighted by Gasteiger charge is 2.19. The number of Topliss-reactive ketones (excluding diaryl/α,β-unsaturated/α-hetero) is 1. The van der Waals surface area contributed by atoms with Gasteiger partial charge in [-0.2, -0.15) is 0 Å². The molecule has 0 heterocycles. The lowest BCUT2D eigenvalue weighted by molar-refractivity contribution is 0.0971. The lowest BCUT2D eigenvalue weighted by atomic mass is 9.97. The Labute approximate surface area is 147 Å². The van der Waals surface area contributed by atoms with Crippen molar-refractivity contribution in [3.8, 4) is 0 Å². The third-order valence-corrected chi connectivity index (χ3v) is 5.98. The minimum Gasteiger partial charge on any atom is -0.309 e. The van der Waals surface area contributed by atoms with Crippen LogP contribution in [-0.4, -0.2) is 45.5 Å². The molecule has 5 heteroatoms. The maximum atomic E-state index is 12.5.